The van der Waals surface area contributed by atoms with Crippen molar-refractivity contribution in [3.63, 3.8) is 0 Å². The summed E-state index contributed by atoms with van der Waals surface area (Å²) in [7, 11) is 0. The fourth-order valence-corrected chi connectivity index (χ4v) is 2.95. The van der Waals surface area contributed by atoms with E-state index >= 15 is 0 Å². The molecule has 0 amide bonds. The summed E-state index contributed by atoms with van der Waals surface area (Å²) in [6.45, 7) is 2.49. The Labute approximate surface area is 165 Å². The third-order valence-electron chi connectivity index (χ3n) is 4.31. The Morgan fingerprint density at radius 2 is 1.86 bits per heavy atom. The molecule has 4 nitrogen and oxygen atoms in total. The number of alkyl halides is 3. The minimum absolute atomic E-state index is 0.0978. The smallest absolute Gasteiger partial charge is 0.357 e. The number of aromatic nitrogens is 1. The minimum Gasteiger partial charge on any atom is -0.357 e. The number of hydrogen-bond acceptors (Lipinski definition) is 2. The van der Waals surface area contributed by atoms with Crippen LogP contribution >= 0.6 is 0 Å². The number of hydrogen-bond donors (Lipinski definition) is 2. The van der Waals surface area contributed by atoms with Gasteiger partial charge in [-0.3, -0.25) is 4.98 Å². The molecule has 0 spiro atoms. The molecule has 3 rings (SSSR count). The van der Waals surface area contributed by atoms with Crippen LogP contribution in [0.2, 0.25) is 0 Å². The second-order valence-electron chi connectivity index (χ2n) is 6.33. The van der Waals surface area contributed by atoms with Gasteiger partial charge in [0.1, 0.15) is 5.82 Å². The molecule has 29 heavy (non-hydrogen) atoms. The molecule has 8 heteroatoms. The van der Waals surface area contributed by atoms with Crippen molar-refractivity contribution in [3.8, 4) is 0 Å². The molecule has 0 fully saturated rings. The van der Waals surface area contributed by atoms with Gasteiger partial charge in [0.2, 0.25) is 0 Å². The monoisotopic (exact) mass is 404 g/mol. The van der Waals surface area contributed by atoms with E-state index < -0.39 is 17.6 Å². The van der Waals surface area contributed by atoms with Crippen LogP contribution in [0.4, 0.5) is 17.6 Å². The van der Waals surface area contributed by atoms with Gasteiger partial charge in [-0.2, -0.15) is 13.2 Å². The highest BCUT2D eigenvalue weighted by atomic mass is 19.4. The largest absolute Gasteiger partial charge is 0.416 e. The highest BCUT2D eigenvalue weighted by Crippen LogP contribution is 2.32. The van der Waals surface area contributed by atoms with Crippen LogP contribution in [0, 0.1) is 5.82 Å². The molecule has 3 aromatic rings. The molecule has 0 radical (unpaired) electrons. The van der Waals surface area contributed by atoms with Crippen molar-refractivity contribution in [2.45, 2.75) is 26.2 Å². The molecule has 0 aliphatic carbocycles. The van der Waals surface area contributed by atoms with Gasteiger partial charge in [-0.1, -0.05) is 30.3 Å². The fourth-order valence-electron chi connectivity index (χ4n) is 2.95. The highest BCUT2D eigenvalue weighted by molar-refractivity contribution is 5.85. The van der Waals surface area contributed by atoms with Crippen molar-refractivity contribution in [3.05, 3.63) is 77.4 Å². The van der Waals surface area contributed by atoms with Gasteiger partial charge in [-0.05, 0) is 36.1 Å². The predicted molar refractivity (Wildman–Crippen MR) is 105 cm³/mol. The third-order valence-corrected chi connectivity index (χ3v) is 4.31. The van der Waals surface area contributed by atoms with Crippen LogP contribution in [0.3, 0.4) is 0 Å². The van der Waals surface area contributed by atoms with Crippen LogP contribution < -0.4 is 10.6 Å². The van der Waals surface area contributed by atoms with Crippen LogP contribution in [-0.2, 0) is 19.3 Å². The first-order valence-corrected chi connectivity index (χ1v) is 9.09. The first-order chi connectivity index (χ1) is 13.9. The van der Waals surface area contributed by atoms with E-state index in [0.717, 1.165) is 28.6 Å². The SMILES string of the molecule is CCNC(=NCc1ccc(F)cc1C(F)(F)F)NCc1nccc2ccccc12. The van der Waals surface area contributed by atoms with Gasteiger partial charge in [0.15, 0.2) is 5.96 Å². The molecule has 0 aliphatic rings. The Kier molecular flexibility index (Phi) is 6.31. The molecule has 2 aromatic carbocycles. The van der Waals surface area contributed by atoms with Gasteiger partial charge in [0, 0.05) is 18.1 Å². The van der Waals surface area contributed by atoms with Crippen LogP contribution in [0.1, 0.15) is 23.7 Å². The number of guanidine groups is 1. The summed E-state index contributed by atoms with van der Waals surface area (Å²) in [6, 6.07) is 12.3. The van der Waals surface area contributed by atoms with Gasteiger partial charge >= 0.3 is 6.18 Å². The molecule has 0 bridgehead atoms. The molecule has 0 aliphatic heterocycles. The molecule has 1 aromatic heterocycles. The Hall–Kier alpha value is -3.16. The zero-order chi connectivity index (χ0) is 20.9. The second kappa shape index (κ2) is 8.89. The van der Waals surface area contributed by atoms with E-state index in [-0.39, 0.29) is 12.1 Å². The lowest BCUT2D eigenvalue weighted by molar-refractivity contribution is -0.138. The molecular formula is C21H20F4N4. The summed E-state index contributed by atoms with van der Waals surface area (Å²) in [5.41, 5.74) is -0.321. The predicted octanol–water partition coefficient (Wildman–Crippen LogP) is 4.65. The Morgan fingerprint density at radius 3 is 2.62 bits per heavy atom. The third kappa shape index (κ3) is 5.22. The fraction of sp³-hybridized carbons (Fsp3) is 0.238. The van der Waals surface area contributed by atoms with Crippen molar-refractivity contribution >= 4 is 16.7 Å². The zero-order valence-electron chi connectivity index (χ0n) is 15.7. The van der Waals surface area contributed by atoms with Gasteiger partial charge < -0.3 is 10.6 Å². The normalized spacial score (nSPS) is 12.2. The first kappa shape index (κ1) is 20.6. The summed E-state index contributed by atoms with van der Waals surface area (Å²) in [5, 5.41) is 8.11. The van der Waals surface area contributed by atoms with Crippen LogP contribution in [0.5, 0.6) is 0 Å². The highest BCUT2D eigenvalue weighted by Gasteiger charge is 2.33. The maximum Gasteiger partial charge on any atom is 0.416 e. The van der Waals surface area contributed by atoms with Crippen LogP contribution in [0.25, 0.3) is 10.8 Å². The summed E-state index contributed by atoms with van der Waals surface area (Å²) in [6.07, 6.45) is -2.94. The Bertz CT molecular complexity index is 1010. The van der Waals surface area contributed by atoms with Crippen LogP contribution in [0.15, 0.2) is 59.7 Å². The van der Waals surface area contributed by atoms with Gasteiger partial charge in [-0.25, -0.2) is 9.38 Å². The molecular weight excluding hydrogens is 384 g/mol. The minimum atomic E-state index is -4.65. The summed E-state index contributed by atoms with van der Waals surface area (Å²) in [4.78, 5) is 8.60. The number of benzene rings is 2. The molecule has 0 saturated carbocycles. The van der Waals surface area contributed by atoms with E-state index in [1.807, 2.05) is 37.3 Å². The number of rotatable bonds is 5. The lowest BCUT2D eigenvalue weighted by atomic mass is 10.1. The molecule has 0 unspecified atom stereocenters. The van der Waals surface area contributed by atoms with E-state index in [9.17, 15) is 17.6 Å². The first-order valence-electron chi connectivity index (χ1n) is 9.09. The van der Waals surface area contributed by atoms with Crippen molar-refractivity contribution in [1.29, 1.82) is 0 Å². The van der Waals surface area contributed by atoms with E-state index in [1.54, 1.807) is 6.20 Å². The average Bonchev–Trinajstić information content (AvgIpc) is 2.70. The van der Waals surface area contributed by atoms with Crippen molar-refractivity contribution in [1.82, 2.24) is 15.6 Å². The maximum absolute atomic E-state index is 13.3. The molecule has 0 atom stereocenters. The topological polar surface area (TPSA) is 49.3 Å². The maximum atomic E-state index is 13.3. The Balaban J connectivity index is 1.79. The number of nitrogens with zero attached hydrogens (tertiary/aromatic N) is 2. The number of pyridine rings is 1. The lowest BCUT2D eigenvalue weighted by Crippen LogP contribution is -2.37. The van der Waals surface area contributed by atoms with E-state index in [2.05, 4.69) is 20.6 Å². The summed E-state index contributed by atoms with van der Waals surface area (Å²) in [5.74, 6) is -0.586. The van der Waals surface area contributed by atoms with Gasteiger partial charge in [0.25, 0.3) is 0 Å². The quantitative estimate of drug-likeness (QED) is 0.370. The Morgan fingerprint density at radius 1 is 1.07 bits per heavy atom. The van der Waals surface area contributed by atoms with E-state index in [4.69, 9.17) is 0 Å². The number of halogens is 4. The number of fused-ring (bicyclic) bond motifs is 1. The number of aliphatic imine (C=N–C) groups is 1. The van der Waals surface area contributed by atoms with Gasteiger partial charge in [-0.15, -0.1) is 0 Å². The van der Waals surface area contributed by atoms with Crippen LogP contribution in [-0.4, -0.2) is 17.5 Å². The molecule has 152 valence electrons. The summed E-state index contributed by atoms with van der Waals surface area (Å²) < 4.78 is 52.8. The van der Waals surface area contributed by atoms with E-state index in [1.165, 1.54) is 0 Å². The van der Waals surface area contributed by atoms with E-state index in [0.29, 0.717) is 25.1 Å². The molecule has 2 N–H and O–H groups in total. The molecule has 1 heterocycles. The van der Waals surface area contributed by atoms with Gasteiger partial charge in [0.05, 0.1) is 24.3 Å². The average molecular weight is 404 g/mol. The second-order valence-corrected chi connectivity index (χ2v) is 6.33. The zero-order valence-corrected chi connectivity index (χ0v) is 15.7. The standard InChI is InChI=1S/C21H20F4N4/c1-2-26-20(28-12-15-7-8-16(22)11-18(15)21(23,24)25)29-13-19-17-6-4-3-5-14(17)9-10-27-19/h3-11H,2,12-13H2,1H3,(H2,26,28,29). The van der Waals surface area contributed by atoms with Crippen molar-refractivity contribution in [2.75, 3.05) is 6.54 Å². The van der Waals surface area contributed by atoms with Crippen molar-refractivity contribution in [2.24, 2.45) is 4.99 Å². The lowest BCUT2D eigenvalue weighted by Gasteiger charge is -2.14. The molecule has 0 saturated heterocycles. The summed E-state index contributed by atoms with van der Waals surface area (Å²) >= 11 is 0. The van der Waals surface area contributed by atoms with Crippen molar-refractivity contribution < 1.29 is 17.6 Å². The number of nitrogens with one attached hydrogen (secondary N) is 2.